The average Bonchev–Trinajstić information content (AvgIpc) is 2.76. The second-order valence-electron chi connectivity index (χ2n) is 7.93. The molecule has 1 nitrogen and oxygen atoms in total. The molecule has 0 unspecified atom stereocenters. The van der Waals surface area contributed by atoms with Crippen LogP contribution in [-0.2, 0) is 0 Å². The highest BCUT2D eigenvalue weighted by Crippen LogP contribution is 2.26. The number of hydrogen-bond acceptors (Lipinski definition) is 2. The molecule has 0 amide bonds. The predicted molar refractivity (Wildman–Crippen MR) is 130 cm³/mol. The van der Waals surface area contributed by atoms with Crippen LogP contribution in [0.4, 0.5) is 0 Å². The minimum atomic E-state index is 0.829. The normalized spacial score (nSPS) is 11.0. The molecule has 0 heterocycles. The van der Waals surface area contributed by atoms with Gasteiger partial charge in [0.2, 0.25) is 0 Å². The SMILES string of the molecule is CCCCCCCCOc1ccc(-c2ccc(SCCCCCCC)cc2)cc1. The Hall–Kier alpha value is -1.41. The molecule has 0 aliphatic rings. The molecule has 2 aromatic rings. The van der Waals surface area contributed by atoms with Gasteiger partial charge in [-0.2, -0.15) is 0 Å². The summed E-state index contributed by atoms with van der Waals surface area (Å²) in [4.78, 5) is 1.38. The summed E-state index contributed by atoms with van der Waals surface area (Å²) < 4.78 is 5.90. The third-order valence-electron chi connectivity index (χ3n) is 5.33. The van der Waals surface area contributed by atoms with Crippen LogP contribution >= 0.6 is 11.8 Å². The molecule has 0 spiro atoms. The lowest BCUT2D eigenvalue weighted by molar-refractivity contribution is 0.304. The summed E-state index contributed by atoms with van der Waals surface area (Å²) in [5.41, 5.74) is 2.54. The minimum absolute atomic E-state index is 0.829. The number of unbranched alkanes of at least 4 members (excludes halogenated alkanes) is 9. The first kappa shape index (κ1) is 23.9. The van der Waals surface area contributed by atoms with Gasteiger partial charge in [0.1, 0.15) is 5.75 Å². The van der Waals surface area contributed by atoms with Gasteiger partial charge in [-0.1, -0.05) is 95.9 Å². The van der Waals surface area contributed by atoms with E-state index in [-0.39, 0.29) is 0 Å². The molecule has 0 aromatic heterocycles. The topological polar surface area (TPSA) is 9.23 Å². The van der Waals surface area contributed by atoms with E-state index < -0.39 is 0 Å². The lowest BCUT2D eigenvalue weighted by Crippen LogP contribution is -1.97. The van der Waals surface area contributed by atoms with Gasteiger partial charge in [0.05, 0.1) is 6.61 Å². The van der Waals surface area contributed by atoms with Crippen molar-refractivity contribution in [2.45, 2.75) is 89.4 Å². The summed E-state index contributed by atoms with van der Waals surface area (Å²) in [7, 11) is 0. The molecule has 0 radical (unpaired) electrons. The Morgan fingerprint density at radius 3 is 1.72 bits per heavy atom. The molecule has 29 heavy (non-hydrogen) atoms. The largest absolute Gasteiger partial charge is 0.494 e. The van der Waals surface area contributed by atoms with Crippen molar-refractivity contribution in [1.29, 1.82) is 0 Å². The van der Waals surface area contributed by atoms with Crippen LogP contribution in [0.2, 0.25) is 0 Å². The van der Waals surface area contributed by atoms with Crippen molar-refractivity contribution in [2.75, 3.05) is 12.4 Å². The second kappa shape index (κ2) is 15.4. The van der Waals surface area contributed by atoms with Gasteiger partial charge in [0, 0.05) is 4.90 Å². The van der Waals surface area contributed by atoms with Gasteiger partial charge in [-0.3, -0.25) is 0 Å². The van der Waals surface area contributed by atoms with Gasteiger partial charge in [-0.25, -0.2) is 0 Å². The van der Waals surface area contributed by atoms with Crippen LogP contribution in [0.3, 0.4) is 0 Å². The maximum absolute atomic E-state index is 5.90. The van der Waals surface area contributed by atoms with E-state index in [1.165, 1.54) is 86.0 Å². The molecule has 160 valence electrons. The van der Waals surface area contributed by atoms with E-state index in [9.17, 15) is 0 Å². The van der Waals surface area contributed by atoms with Crippen molar-refractivity contribution < 1.29 is 4.74 Å². The molecule has 0 saturated heterocycles. The fourth-order valence-corrected chi connectivity index (χ4v) is 4.37. The highest BCUT2D eigenvalue weighted by atomic mass is 32.2. The van der Waals surface area contributed by atoms with Crippen LogP contribution in [0.5, 0.6) is 5.75 Å². The second-order valence-corrected chi connectivity index (χ2v) is 9.10. The number of benzene rings is 2. The quantitative estimate of drug-likeness (QED) is 0.201. The van der Waals surface area contributed by atoms with Crippen LogP contribution in [0.25, 0.3) is 11.1 Å². The number of thioether (sulfide) groups is 1. The highest BCUT2D eigenvalue weighted by Gasteiger charge is 2.01. The molecule has 0 saturated carbocycles. The Balaban J connectivity index is 1.68. The molecule has 0 bridgehead atoms. The molecule has 0 N–H and O–H groups in total. The van der Waals surface area contributed by atoms with Crippen molar-refractivity contribution in [3.8, 4) is 16.9 Å². The van der Waals surface area contributed by atoms with Gasteiger partial charge < -0.3 is 4.74 Å². The molecule has 2 rings (SSSR count). The lowest BCUT2D eigenvalue weighted by atomic mass is 10.1. The van der Waals surface area contributed by atoms with E-state index in [2.05, 4.69) is 62.4 Å². The third kappa shape index (κ3) is 10.3. The molecule has 2 heteroatoms. The Labute approximate surface area is 183 Å². The van der Waals surface area contributed by atoms with E-state index in [0.717, 1.165) is 18.8 Å². The molecule has 0 fully saturated rings. The van der Waals surface area contributed by atoms with Gasteiger partial charge in [0.25, 0.3) is 0 Å². The number of ether oxygens (including phenoxy) is 1. The molecular formula is C27H40OS. The highest BCUT2D eigenvalue weighted by molar-refractivity contribution is 7.99. The molecule has 0 aliphatic carbocycles. The standard InChI is InChI=1S/C27H40OS/c1-3-5-7-9-10-12-22-28-26-18-14-24(15-19-26)25-16-20-27(21-17-25)29-23-13-11-8-6-4-2/h14-21H,3-13,22-23H2,1-2H3. The monoisotopic (exact) mass is 412 g/mol. The van der Waals surface area contributed by atoms with Gasteiger partial charge in [0.15, 0.2) is 0 Å². The van der Waals surface area contributed by atoms with Gasteiger partial charge in [-0.15, -0.1) is 11.8 Å². The molecular weight excluding hydrogens is 372 g/mol. The smallest absolute Gasteiger partial charge is 0.119 e. The molecule has 2 aromatic carbocycles. The fourth-order valence-electron chi connectivity index (χ4n) is 3.46. The van der Waals surface area contributed by atoms with Crippen molar-refractivity contribution in [3.63, 3.8) is 0 Å². The molecule has 0 atom stereocenters. The Kier molecular flexibility index (Phi) is 12.7. The summed E-state index contributed by atoms with van der Waals surface area (Å²) >= 11 is 1.98. The summed E-state index contributed by atoms with van der Waals surface area (Å²) in [5.74, 6) is 2.21. The maximum Gasteiger partial charge on any atom is 0.119 e. The first-order chi connectivity index (χ1) is 14.3. The van der Waals surface area contributed by atoms with Gasteiger partial charge >= 0.3 is 0 Å². The Bertz CT molecular complexity index is 633. The molecule has 0 aliphatic heterocycles. The van der Waals surface area contributed by atoms with Crippen molar-refractivity contribution in [2.24, 2.45) is 0 Å². The van der Waals surface area contributed by atoms with Crippen molar-refractivity contribution >= 4 is 11.8 Å². The zero-order valence-electron chi connectivity index (χ0n) is 18.6. The van der Waals surface area contributed by atoms with Crippen LogP contribution in [0.15, 0.2) is 53.4 Å². The van der Waals surface area contributed by atoms with Crippen molar-refractivity contribution in [3.05, 3.63) is 48.5 Å². The summed E-state index contributed by atoms with van der Waals surface area (Å²) in [6, 6.07) is 17.6. The summed E-state index contributed by atoms with van der Waals surface area (Å²) in [6.45, 7) is 5.36. The van der Waals surface area contributed by atoms with E-state index in [1.54, 1.807) is 0 Å². The lowest BCUT2D eigenvalue weighted by Gasteiger charge is -2.08. The zero-order chi connectivity index (χ0) is 20.6. The van der Waals surface area contributed by atoms with E-state index >= 15 is 0 Å². The van der Waals surface area contributed by atoms with Crippen LogP contribution in [0, 0.1) is 0 Å². The predicted octanol–water partition coefficient (Wildman–Crippen LogP) is 9.16. The first-order valence-corrected chi connectivity index (χ1v) is 12.8. The number of rotatable bonds is 16. The van der Waals surface area contributed by atoms with E-state index in [4.69, 9.17) is 4.74 Å². The summed E-state index contributed by atoms with van der Waals surface area (Å²) in [6.07, 6.45) is 14.6. The summed E-state index contributed by atoms with van der Waals surface area (Å²) in [5, 5.41) is 0. The number of hydrogen-bond donors (Lipinski definition) is 0. The first-order valence-electron chi connectivity index (χ1n) is 11.8. The van der Waals surface area contributed by atoms with Gasteiger partial charge in [-0.05, 0) is 54.0 Å². The fraction of sp³-hybridized carbons (Fsp3) is 0.556. The maximum atomic E-state index is 5.90. The average molecular weight is 413 g/mol. The van der Waals surface area contributed by atoms with E-state index in [0.29, 0.717) is 0 Å². The van der Waals surface area contributed by atoms with Crippen LogP contribution in [-0.4, -0.2) is 12.4 Å². The van der Waals surface area contributed by atoms with Crippen LogP contribution < -0.4 is 4.74 Å². The van der Waals surface area contributed by atoms with Crippen molar-refractivity contribution in [1.82, 2.24) is 0 Å². The van der Waals surface area contributed by atoms with E-state index in [1.807, 2.05) is 11.8 Å². The zero-order valence-corrected chi connectivity index (χ0v) is 19.4. The van der Waals surface area contributed by atoms with Crippen LogP contribution in [0.1, 0.15) is 84.5 Å². The third-order valence-corrected chi connectivity index (χ3v) is 6.42. The minimum Gasteiger partial charge on any atom is -0.494 e. The Morgan fingerprint density at radius 1 is 0.586 bits per heavy atom. The Morgan fingerprint density at radius 2 is 1.10 bits per heavy atom.